The Labute approximate surface area is 193 Å². The number of hydrogen-bond acceptors (Lipinski definition) is 5. The van der Waals surface area contributed by atoms with Crippen molar-refractivity contribution in [3.05, 3.63) is 72.1 Å². The summed E-state index contributed by atoms with van der Waals surface area (Å²) >= 11 is 0. The highest BCUT2D eigenvalue weighted by Gasteiger charge is 2.44. The number of hydrogen-bond donors (Lipinski definition) is 0. The molecule has 5 rings (SSSR count). The van der Waals surface area contributed by atoms with Gasteiger partial charge in [0.25, 0.3) is 5.91 Å². The quantitative estimate of drug-likeness (QED) is 0.533. The van der Waals surface area contributed by atoms with E-state index >= 15 is 0 Å². The van der Waals surface area contributed by atoms with E-state index in [4.69, 9.17) is 18.9 Å². The molecule has 2 aliphatic rings. The van der Waals surface area contributed by atoms with Gasteiger partial charge in [-0.25, -0.2) is 0 Å². The van der Waals surface area contributed by atoms with Gasteiger partial charge in [-0.05, 0) is 42.5 Å². The number of aromatic nitrogens is 1. The maximum atomic E-state index is 13.3. The average molecular weight is 449 g/mol. The molecule has 1 saturated heterocycles. The van der Waals surface area contributed by atoms with E-state index in [0.29, 0.717) is 43.4 Å². The minimum absolute atomic E-state index is 0.0156. The molecule has 172 valence electrons. The molecule has 0 radical (unpaired) electrons. The van der Waals surface area contributed by atoms with E-state index in [1.54, 1.807) is 32.4 Å². The van der Waals surface area contributed by atoms with Gasteiger partial charge in [-0.15, -0.1) is 0 Å². The number of likely N-dealkylation sites (tertiary alicyclic amines) is 1. The number of amides is 1. The molecule has 7 nitrogen and oxygen atoms in total. The van der Waals surface area contributed by atoms with Gasteiger partial charge in [-0.2, -0.15) is 0 Å². The SMILES string of the molecule is COCCOc1ccc(C(=O)N2CCC3(CC2)Oc2ccccc2-n2cccc23)cc1OC. The van der Waals surface area contributed by atoms with Crippen molar-refractivity contribution in [2.75, 3.05) is 40.5 Å². The van der Waals surface area contributed by atoms with Gasteiger partial charge in [0, 0.05) is 44.8 Å². The van der Waals surface area contributed by atoms with Crippen LogP contribution in [0.4, 0.5) is 0 Å². The molecule has 1 spiro atoms. The predicted octanol–water partition coefficient (Wildman–Crippen LogP) is 4.04. The lowest BCUT2D eigenvalue weighted by Crippen LogP contribution is -2.50. The molecule has 7 heteroatoms. The summed E-state index contributed by atoms with van der Waals surface area (Å²) < 4.78 is 24.9. The molecule has 0 unspecified atom stereocenters. The molecule has 1 aromatic heterocycles. The lowest BCUT2D eigenvalue weighted by Gasteiger charge is -2.45. The van der Waals surface area contributed by atoms with Gasteiger partial charge in [0.1, 0.15) is 12.4 Å². The predicted molar refractivity (Wildman–Crippen MR) is 124 cm³/mol. The standard InChI is InChI=1S/C26H28N2O5/c1-30-16-17-32-22-10-9-19(18-23(22)31-2)25(29)27-14-11-26(12-15-27)24-8-5-13-28(24)20-6-3-4-7-21(20)33-26/h3-10,13,18H,11-12,14-17H2,1-2H3. The molecule has 0 N–H and O–H groups in total. The number of carbonyl (C=O) groups is 1. The summed E-state index contributed by atoms with van der Waals surface area (Å²) in [4.78, 5) is 15.2. The van der Waals surface area contributed by atoms with E-state index in [0.717, 1.165) is 30.0 Å². The van der Waals surface area contributed by atoms with Crippen molar-refractivity contribution >= 4 is 5.91 Å². The van der Waals surface area contributed by atoms with Gasteiger partial charge >= 0.3 is 0 Å². The van der Waals surface area contributed by atoms with Gasteiger partial charge < -0.3 is 28.4 Å². The van der Waals surface area contributed by atoms with Crippen LogP contribution in [0.25, 0.3) is 5.69 Å². The smallest absolute Gasteiger partial charge is 0.253 e. The molecule has 1 amide bonds. The number of nitrogens with zero attached hydrogens (tertiary/aromatic N) is 2. The first-order valence-corrected chi connectivity index (χ1v) is 11.2. The molecule has 0 atom stereocenters. The van der Waals surface area contributed by atoms with Crippen molar-refractivity contribution in [1.29, 1.82) is 0 Å². The van der Waals surface area contributed by atoms with E-state index in [-0.39, 0.29) is 5.91 Å². The monoisotopic (exact) mass is 448 g/mol. The fourth-order valence-corrected chi connectivity index (χ4v) is 4.73. The molecule has 2 aromatic carbocycles. The minimum atomic E-state index is -0.425. The van der Waals surface area contributed by atoms with Crippen LogP contribution < -0.4 is 14.2 Å². The second kappa shape index (κ2) is 8.83. The number of methoxy groups -OCH3 is 2. The van der Waals surface area contributed by atoms with Crippen LogP contribution in [0.15, 0.2) is 60.8 Å². The Balaban J connectivity index is 1.31. The Morgan fingerprint density at radius 3 is 2.61 bits per heavy atom. The van der Waals surface area contributed by atoms with E-state index < -0.39 is 5.60 Å². The van der Waals surface area contributed by atoms with Crippen molar-refractivity contribution in [3.63, 3.8) is 0 Å². The molecular weight excluding hydrogens is 420 g/mol. The van der Waals surface area contributed by atoms with E-state index in [2.05, 4.69) is 29.0 Å². The maximum Gasteiger partial charge on any atom is 0.253 e. The first-order chi connectivity index (χ1) is 16.1. The molecule has 0 saturated carbocycles. The van der Waals surface area contributed by atoms with Crippen LogP contribution in [0.3, 0.4) is 0 Å². The van der Waals surface area contributed by atoms with Crippen LogP contribution in [0.1, 0.15) is 28.9 Å². The summed E-state index contributed by atoms with van der Waals surface area (Å²) in [5.74, 6) is 2.00. The molecule has 0 aliphatic carbocycles. The zero-order valence-corrected chi connectivity index (χ0v) is 19.0. The highest BCUT2D eigenvalue weighted by molar-refractivity contribution is 5.95. The molecule has 3 aromatic rings. The Hall–Kier alpha value is -3.45. The van der Waals surface area contributed by atoms with Gasteiger partial charge in [0.15, 0.2) is 17.1 Å². The minimum Gasteiger partial charge on any atom is -0.493 e. The van der Waals surface area contributed by atoms with E-state index in [9.17, 15) is 4.79 Å². The summed E-state index contributed by atoms with van der Waals surface area (Å²) in [5, 5.41) is 0. The van der Waals surface area contributed by atoms with Crippen LogP contribution >= 0.6 is 0 Å². The van der Waals surface area contributed by atoms with Crippen LogP contribution in [0.5, 0.6) is 17.2 Å². The Morgan fingerprint density at radius 1 is 1.00 bits per heavy atom. The van der Waals surface area contributed by atoms with Crippen LogP contribution in [0, 0.1) is 0 Å². The first-order valence-electron chi connectivity index (χ1n) is 11.2. The van der Waals surface area contributed by atoms with Gasteiger partial charge in [0.05, 0.1) is 25.1 Å². The highest BCUT2D eigenvalue weighted by atomic mass is 16.5. The summed E-state index contributed by atoms with van der Waals surface area (Å²) in [6, 6.07) is 17.6. The van der Waals surface area contributed by atoms with Gasteiger partial charge in [0.2, 0.25) is 0 Å². The number of benzene rings is 2. The highest BCUT2D eigenvalue weighted by Crippen LogP contribution is 2.45. The summed E-state index contributed by atoms with van der Waals surface area (Å²) in [7, 11) is 3.20. The third-order valence-corrected chi connectivity index (χ3v) is 6.46. The number of piperidine rings is 1. The molecule has 3 heterocycles. The van der Waals surface area contributed by atoms with Gasteiger partial charge in [-0.1, -0.05) is 12.1 Å². The maximum absolute atomic E-state index is 13.3. The number of fused-ring (bicyclic) bond motifs is 4. The molecule has 0 bridgehead atoms. The summed E-state index contributed by atoms with van der Waals surface area (Å²) in [5.41, 5.74) is 2.36. The zero-order chi connectivity index (χ0) is 22.8. The Morgan fingerprint density at radius 2 is 1.82 bits per heavy atom. The summed E-state index contributed by atoms with van der Waals surface area (Å²) in [6.45, 7) is 2.12. The van der Waals surface area contributed by atoms with E-state index in [1.165, 1.54) is 0 Å². The zero-order valence-electron chi connectivity index (χ0n) is 19.0. The van der Waals surface area contributed by atoms with Gasteiger partial charge in [-0.3, -0.25) is 4.79 Å². The third kappa shape index (κ3) is 3.82. The largest absolute Gasteiger partial charge is 0.493 e. The Kier molecular flexibility index (Phi) is 5.72. The Bertz CT molecular complexity index is 1150. The topological polar surface area (TPSA) is 62.2 Å². The second-order valence-electron chi connectivity index (χ2n) is 8.33. The number of rotatable bonds is 6. The van der Waals surface area contributed by atoms with Crippen molar-refractivity contribution in [2.24, 2.45) is 0 Å². The lowest BCUT2D eigenvalue weighted by atomic mass is 9.86. The fraction of sp³-hybridized carbons (Fsp3) is 0.346. The van der Waals surface area contributed by atoms with Crippen molar-refractivity contribution in [3.8, 4) is 22.9 Å². The van der Waals surface area contributed by atoms with E-state index in [1.807, 2.05) is 23.1 Å². The van der Waals surface area contributed by atoms with Crippen LogP contribution in [-0.4, -0.2) is 55.9 Å². The number of ether oxygens (including phenoxy) is 4. The lowest BCUT2D eigenvalue weighted by molar-refractivity contribution is -0.00931. The van der Waals surface area contributed by atoms with Crippen molar-refractivity contribution in [2.45, 2.75) is 18.4 Å². The van der Waals surface area contributed by atoms with Crippen LogP contribution in [-0.2, 0) is 10.3 Å². The second-order valence-corrected chi connectivity index (χ2v) is 8.33. The number of carbonyl (C=O) groups excluding carboxylic acids is 1. The molecule has 2 aliphatic heterocycles. The molecule has 33 heavy (non-hydrogen) atoms. The molecule has 1 fully saturated rings. The van der Waals surface area contributed by atoms with Crippen LogP contribution in [0.2, 0.25) is 0 Å². The van der Waals surface area contributed by atoms with Crippen molar-refractivity contribution < 1.29 is 23.7 Å². The number of para-hydroxylation sites is 2. The first kappa shape index (κ1) is 21.4. The summed E-state index contributed by atoms with van der Waals surface area (Å²) in [6.07, 6.45) is 3.54. The molecular formula is C26H28N2O5. The third-order valence-electron chi connectivity index (χ3n) is 6.46. The van der Waals surface area contributed by atoms with Crippen molar-refractivity contribution in [1.82, 2.24) is 9.47 Å². The average Bonchev–Trinajstić information content (AvgIpc) is 3.36. The normalized spacial score (nSPS) is 16.0. The fourth-order valence-electron chi connectivity index (χ4n) is 4.73.